The standard InChI is InChI=1S/C21H23FN2O3/c1-15(27-21(26)16-6-5-7-17(22)14-16)20(25)23-18-8-10-19(11-9-18)24-12-3-2-4-13-24/h5-11,14-15H,2-4,12-13H2,1H3,(H,23,25)/t15-/m0/s1. The minimum absolute atomic E-state index is 0.0699. The van der Waals surface area contributed by atoms with Gasteiger partial charge >= 0.3 is 5.97 Å². The van der Waals surface area contributed by atoms with Crippen molar-refractivity contribution in [3.05, 3.63) is 59.9 Å². The third-order valence-electron chi connectivity index (χ3n) is 4.57. The molecule has 0 aromatic heterocycles. The van der Waals surface area contributed by atoms with E-state index < -0.39 is 23.8 Å². The van der Waals surface area contributed by atoms with Gasteiger partial charge in [0, 0.05) is 24.5 Å². The number of carbonyl (C=O) groups is 2. The van der Waals surface area contributed by atoms with Gasteiger partial charge in [-0.1, -0.05) is 6.07 Å². The highest BCUT2D eigenvalue weighted by atomic mass is 19.1. The van der Waals surface area contributed by atoms with E-state index in [1.165, 1.54) is 44.4 Å². The number of nitrogens with one attached hydrogen (secondary N) is 1. The monoisotopic (exact) mass is 370 g/mol. The van der Waals surface area contributed by atoms with Crippen LogP contribution in [0.15, 0.2) is 48.5 Å². The average molecular weight is 370 g/mol. The van der Waals surface area contributed by atoms with Gasteiger partial charge in [-0.2, -0.15) is 0 Å². The van der Waals surface area contributed by atoms with Crippen molar-refractivity contribution in [2.75, 3.05) is 23.3 Å². The fourth-order valence-corrected chi connectivity index (χ4v) is 3.05. The van der Waals surface area contributed by atoms with E-state index >= 15 is 0 Å². The minimum Gasteiger partial charge on any atom is -0.449 e. The van der Waals surface area contributed by atoms with Crippen LogP contribution in [0.2, 0.25) is 0 Å². The molecule has 1 amide bonds. The van der Waals surface area contributed by atoms with Gasteiger partial charge in [0.2, 0.25) is 0 Å². The Balaban J connectivity index is 1.55. The highest BCUT2D eigenvalue weighted by Gasteiger charge is 2.19. The predicted molar refractivity (Wildman–Crippen MR) is 102 cm³/mol. The molecule has 1 heterocycles. The lowest BCUT2D eigenvalue weighted by atomic mass is 10.1. The van der Waals surface area contributed by atoms with Crippen LogP contribution in [0.25, 0.3) is 0 Å². The van der Waals surface area contributed by atoms with Gasteiger partial charge in [0.25, 0.3) is 5.91 Å². The molecule has 6 heteroatoms. The molecule has 142 valence electrons. The molecule has 5 nitrogen and oxygen atoms in total. The Morgan fingerprint density at radius 1 is 1.07 bits per heavy atom. The molecule has 0 unspecified atom stereocenters. The lowest BCUT2D eigenvalue weighted by molar-refractivity contribution is -0.123. The summed E-state index contributed by atoms with van der Waals surface area (Å²) in [6.07, 6.45) is 2.68. The van der Waals surface area contributed by atoms with Gasteiger partial charge in [0.1, 0.15) is 5.82 Å². The summed E-state index contributed by atoms with van der Waals surface area (Å²) in [5, 5.41) is 2.73. The molecule has 0 bridgehead atoms. The number of carbonyl (C=O) groups excluding carboxylic acids is 2. The van der Waals surface area contributed by atoms with E-state index in [0.29, 0.717) is 5.69 Å². The van der Waals surface area contributed by atoms with Crippen molar-refractivity contribution in [2.24, 2.45) is 0 Å². The van der Waals surface area contributed by atoms with Crippen LogP contribution in [-0.2, 0) is 9.53 Å². The first-order valence-electron chi connectivity index (χ1n) is 9.15. The number of hydrogen-bond acceptors (Lipinski definition) is 4. The highest BCUT2D eigenvalue weighted by molar-refractivity contribution is 5.97. The Labute approximate surface area is 158 Å². The minimum atomic E-state index is -0.998. The third kappa shape index (κ3) is 5.06. The summed E-state index contributed by atoms with van der Waals surface area (Å²) in [7, 11) is 0. The predicted octanol–water partition coefficient (Wildman–Crippen LogP) is 4.00. The van der Waals surface area contributed by atoms with E-state index in [-0.39, 0.29) is 5.56 Å². The molecule has 2 aromatic carbocycles. The summed E-state index contributed by atoms with van der Waals surface area (Å²) in [6, 6.07) is 12.8. The van der Waals surface area contributed by atoms with Crippen molar-refractivity contribution in [1.82, 2.24) is 0 Å². The molecule has 0 aliphatic carbocycles. The summed E-state index contributed by atoms with van der Waals surface area (Å²) in [4.78, 5) is 26.6. The molecule has 3 rings (SSSR count). The maximum absolute atomic E-state index is 13.2. The van der Waals surface area contributed by atoms with Crippen molar-refractivity contribution in [3.63, 3.8) is 0 Å². The van der Waals surface area contributed by atoms with Crippen LogP contribution in [-0.4, -0.2) is 31.1 Å². The first kappa shape index (κ1) is 18.9. The van der Waals surface area contributed by atoms with E-state index in [4.69, 9.17) is 4.74 Å². The van der Waals surface area contributed by atoms with Gasteiger partial charge in [-0.3, -0.25) is 4.79 Å². The van der Waals surface area contributed by atoms with Gasteiger partial charge in [0.05, 0.1) is 5.56 Å². The SMILES string of the molecule is C[C@H](OC(=O)c1cccc(F)c1)C(=O)Nc1ccc(N2CCCCC2)cc1. The normalized spacial score (nSPS) is 15.1. The number of nitrogens with zero attached hydrogens (tertiary/aromatic N) is 1. The quantitative estimate of drug-likeness (QED) is 0.808. The molecule has 0 radical (unpaired) electrons. The second-order valence-electron chi connectivity index (χ2n) is 6.64. The molecule has 1 aliphatic rings. The van der Waals surface area contributed by atoms with Gasteiger partial charge in [-0.25, -0.2) is 9.18 Å². The Kier molecular flexibility index (Phi) is 6.06. The summed E-state index contributed by atoms with van der Waals surface area (Å²) >= 11 is 0. The number of ether oxygens (including phenoxy) is 1. The maximum atomic E-state index is 13.2. The summed E-state index contributed by atoms with van der Waals surface area (Å²) in [6.45, 7) is 3.59. The van der Waals surface area contributed by atoms with Crippen LogP contribution < -0.4 is 10.2 Å². The van der Waals surface area contributed by atoms with Crippen molar-refractivity contribution >= 4 is 23.3 Å². The Morgan fingerprint density at radius 2 is 1.78 bits per heavy atom. The van der Waals surface area contributed by atoms with E-state index in [2.05, 4.69) is 10.2 Å². The van der Waals surface area contributed by atoms with Gasteiger partial charge < -0.3 is 15.0 Å². The molecule has 2 aromatic rings. The fourth-order valence-electron chi connectivity index (χ4n) is 3.05. The van der Waals surface area contributed by atoms with Crippen LogP contribution in [0.3, 0.4) is 0 Å². The van der Waals surface area contributed by atoms with Gasteiger partial charge in [-0.15, -0.1) is 0 Å². The molecule has 1 saturated heterocycles. The summed E-state index contributed by atoms with van der Waals surface area (Å²) in [5.41, 5.74) is 1.84. The smallest absolute Gasteiger partial charge is 0.339 e. The van der Waals surface area contributed by atoms with Crippen LogP contribution in [0.1, 0.15) is 36.5 Å². The number of piperidine rings is 1. The van der Waals surface area contributed by atoms with Crippen molar-refractivity contribution in [1.29, 1.82) is 0 Å². The van der Waals surface area contributed by atoms with Crippen LogP contribution in [0.4, 0.5) is 15.8 Å². The van der Waals surface area contributed by atoms with E-state index in [1.807, 2.05) is 24.3 Å². The van der Waals surface area contributed by atoms with Crippen molar-refractivity contribution in [2.45, 2.75) is 32.3 Å². The molecule has 1 atom stereocenters. The van der Waals surface area contributed by atoms with Gasteiger partial charge in [0.15, 0.2) is 6.10 Å². The van der Waals surface area contributed by atoms with Crippen LogP contribution in [0.5, 0.6) is 0 Å². The topological polar surface area (TPSA) is 58.6 Å². The second kappa shape index (κ2) is 8.66. The van der Waals surface area contributed by atoms with E-state index in [0.717, 1.165) is 24.8 Å². The number of benzene rings is 2. The first-order chi connectivity index (χ1) is 13.0. The fraction of sp³-hybridized carbons (Fsp3) is 0.333. The Morgan fingerprint density at radius 3 is 2.44 bits per heavy atom. The number of hydrogen-bond donors (Lipinski definition) is 1. The number of rotatable bonds is 5. The Hall–Kier alpha value is -2.89. The van der Waals surface area contributed by atoms with Crippen molar-refractivity contribution < 1.29 is 18.7 Å². The van der Waals surface area contributed by atoms with E-state index in [1.54, 1.807) is 0 Å². The Bertz CT molecular complexity index is 801. The maximum Gasteiger partial charge on any atom is 0.339 e. The van der Waals surface area contributed by atoms with Crippen molar-refractivity contribution in [3.8, 4) is 0 Å². The molecule has 1 fully saturated rings. The first-order valence-corrected chi connectivity index (χ1v) is 9.15. The lowest BCUT2D eigenvalue weighted by Crippen LogP contribution is -2.30. The number of halogens is 1. The molecule has 0 spiro atoms. The molecule has 27 heavy (non-hydrogen) atoms. The largest absolute Gasteiger partial charge is 0.449 e. The highest BCUT2D eigenvalue weighted by Crippen LogP contribution is 2.22. The van der Waals surface area contributed by atoms with Gasteiger partial charge in [-0.05, 0) is 68.7 Å². The number of anilines is 2. The zero-order valence-corrected chi connectivity index (χ0v) is 15.3. The number of amides is 1. The molecular formula is C21H23FN2O3. The zero-order valence-electron chi connectivity index (χ0n) is 15.3. The van der Waals surface area contributed by atoms with Crippen LogP contribution >= 0.6 is 0 Å². The molecule has 1 aliphatic heterocycles. The molecular weight excluding hydrogens is 347 g/mol. The summed E-state index contributed by atoms with van der Waals surface area (Å²) in [5.74, 6) is -1.71. The molecule has 0 saturated carbocycles. The second-order valence-corrected chi connectivity index (χ2v) is 6.64. The van der Waals surface area contributed by atoms with Crippen LogP contribution in [0, 0.1) is 5.82 Å². The zero-order chi connectivity index (χ0) is 19.2. The lowest BCUT2D eigenvalue weighted by Gasteiger charge is -2.28. The average Bonchev–Trinajstić information content (AvgIpc) is 2.69. The third-order valence-corrected chi connectivity index (χ3v) is 4.57. The molecule has 1 N–H and O–H groups in total. The number of esters is 1. The summed E-state index contributed by atoms with van der Waals surface area (Å²) < 4.78 is 18.3. The van der Waals surface area contributed by atoms with E-state index in [9.17, 15) is 14.0 Å².